The largest absolute Gasteiger partial charge is 0.508 e. The number of aromatic hydroxyl groups is 1. The van der Waals surface area contributed by atoms with E-state index in [0.29, 0.717) is 5.02 Å². The Labute approximate surface area is 167 Å². The zero-order valence-corrected chi connectivity index (χ0v) is 15.9. The second-order valence-corrected chi connectivity index (χ2v) is 7.14. The molecular formula is C20H22ClN3O4. The lowest BCUT2D eigenvalue weighted by atomic mass is 9.87. The molecule has 0 saturated carbocycles. The van der Waals surface area contributed by atoms with Gasteiger partial charge in [0, 0.05) is 10.6 Å². The van der Waals surface area contributed by atoms with Gasteiger partial charge in [0.15, 0.2) is 0 Å². The van der Waals surface area contributed by atoms with Crippen LogP contribution in [0.5, 0.6) is 5.75 Å². The molecular weight excluding hydrogens is 382 g/mol. The van der Waals surface area contributed by atoms with Gasteiger partial charge in [-0.2, -0.15) is 0 Å². The Morgan fingerprint density at radius 1 is 1.21 bits per heavy atom. The lowest BCUT2D eigenvalue weighted by Crippen LogP contribution is -2.43. The summed E-state index contributed by atoms with van der Waals surface area (Å²) in [6, 6.07) is 11.2. The number of benzene rings is 2. The van der Waals surface area contributed by atoms with E-state index < -0.39 is 17.9 Å². The van der Waals surface area contributed by atoms with Crippen LogP contribution >= 0.6 is 11.6 Å². The van der Waals surface area contributed by atoms with E-state index in [1.165, 1.54) is 29.2 Å². The van der Waals surface area contributed by atoms with Crippen LogP contribution in [0.25, 0.3) is 0 Å². The molecule has 0 fully saturated rings. The first-order valence-electron chi connectivity index (χ1n) is 9.02. The molecule has 28 heavy (non-hydrogen) atoms. The maximum absolute atomic E-state index is 13.1. The average molecular weight is 404 g/mol. The molecule has 0 aromatic heterocycles. The van der Waals surface area contributed by atoms with Crippen molar-refractivity contribution in [2.75, 3.05) is 6.54 Å². The monoisotopic (exact) mass is 403 g/mol. The summed E-state index contributed by atoms with van der Waals surface area (Å²) in [5.74, 6) is -1.22. The summed E-state index contributed by atoms with van der Waals surface area (Å²) in [6.07, 6.45) is 2.72. The van der Waals surface area contributed by atoms with Gasteiger partial charge in [0.2, 0.25) is 5.91 Å². The number of hydroxylamine groups is 1. The van der Waals surface area contributed by atoms with Crippen LogP contribution in [0.3, 0.4) is 0 Å². The van der Waals surface area contributed by atoms with Crippen LogP contribution in [0.15, 0.2) is 42.5 Å². The standard InChI is InChI=1S/C20H22ClN3O4/c21-13-8-9-17(25)15(10-13)19(22-11-18(26)24-28)20(27)23-16-7-3-5-12-4-1-2-6-14(12)16/h1-2,4,6,8-10,16,19,22,25,28H,3,5,7,11H2,(H,23,27)(H,24,26). The number of halogens is 1. The maximum Gasteiger partial charge on any atom is 0.257 e. The summed E-state index contributed by atoms with van der Waals surface area (Å²) in [5.41, 5.74) is 4.04. The summed E-state index contributed by atoms with van der Waals surface area (Å²) >= 11 is 6.02. The van der Waals surface area contributed by atoms with Crippen molar-refractivity contribution in [3.05, 3.63) is 64.2 Å². The summed E-state index contributed by atoms with van der Waals surface area (Å²) in [6.45, 7) is -0.318. The van der Waals surface area contributed by atoms with E-state index in [-0.39, 0.29) is 23.9 Å². The Morgan fingerprint density at radius 3 is 2.79 bits per heavy atom. The third-order valence-corrected chi connectivity index (χ3v) is 5.08. The van der Waals surface area contributed by atoms with Gasteiger partial charge in [0.25, 0.3) is 5.91 Å². The molecule has 1 aliphatic carbocycles. The number of phenols is 1. The quantitative estimate of drug-likeness (QED) is 0.375. The van der Waals surface area contributed by atoms with Gasteiger partial charge in [-0.05, 0) is 48.6 Å². The third-order valence-electron chi connectivity index (χ3n) is 4.84. The lowest BCUT2D eigenvalue weighted by Gasteiger charge is -2.28. The van der Waals surface area contributed by atoms with Crippen molar-refractivity contribution in [1.29, 1.82) is 0 Å². The average Bonchev–Trinajstić information content (AvgIpc) is 2.70. The summed E-state index contributed by atoms with van der Waals surface area (Å²) in [7, 11) is 0. The van der Waals surface area contributed by atoms with Crippen LogP contribution in [0.1, 0.15) is 41.6 Å². The van der Waals surface area contributed by atoms with E-state index >= 15 is 0 Å². The van der Waals surface area contributed by atoms with Gasteiger partial charge in [-0.3, -0.25) is 20.1 Å². The highest BCUT2D eigenvalue weighted by Crippen LogP contribution is 2.32. The van der Waals surface area contributed by atoms with Crippen molar-refractivity contribution in [2.24, 2.45) is 0 Å². The number of carbonyl (C=O) groups is 2. The Balaban J connectivity index is 1.84. The summed E-state index contributed by atoms with van der Waals surface area (Å²) in [4.78, 5) is 24.5. The van der Waals surface area contributed by atoms with Crippen molar-refractivity contribution in [2.45, 2.75) is 31.3 Å². The van der Waals surface area contributed by atoms with Gasteiger partial charge in [0.1, 0.15) is 11.8 Å². The first-order valence-corrected chi connectivity index (χ1v) is 9.40. The van der Waals surface area contributed by atoms with E-state index in [2.05, 4.69) is 16.7 Å². The number of hydrogen-bond acceptors (Lipinski definition) is 5. The number of phenolic OH excluding ortho intramolecular Hbond substituents is 1. The highest BCUT2D eigenvalue weighted by Gasteiger charge is 2.28. The topological polar surface area (TPSA) is 111 Å². The number of carbonyl (C=O) groups excluding carboxylic acids is 2. The molecule has 0 bridgehead atoms. The minimum Gasteiger partial charge on any atom is -0.508 e. The molecule has 0 heterocycles. The molecule has 2 amide bonds. The van der Waals surface area contributed by atoms with Crippen molar-refractivity contribution < 1.29 is 19.9 Å². The molecule has 0 saturated heterocycles. The van der Waals surface area contributed by atoms with Gasteiger partial charge >= 0.3 is 0 Å². The van der Waals surface area contributed by atoms with E-state index in [9.17, 15) is 14.7 Å². The normalized spacial score (nSPS) is 16.7. The molecule has 0 aliphatic heterocycles. The number of amides is 2. The second-order valence-electron chi connectivity index (χ2n) is 6.70. The zero-order chi connectivity index (χ0) is 20.1. The van der Waals surface area contributed by atoms with Crippen molar-refractivity contribution in [1.82, 2.24) is 16.1 Å². The van der Waals surface area contributed by atoms with Gasteiger partial charge in [-0.25, -0.2) is 5.48 Å². The molecule has 3 rings (SSSR count). The van der Waals surface area contributed by atoms with Crippen LogP contribution in [0, 0.1) is 0 Å². The summed E-state index contributed by atoms with van der Waals surface area (Å²) < 4.78 is 0. The predicted molar refractivity (Wildman–Crippen MR) is 104 cm³/mol. The molecule has 0 radical (unpaired) electrons. The predicted octanol–water partition coefficient (Wildman–Crippen LogP) is 2.38. The highest BCUT2D eigenvalue weighted by atomic mass is 35.5. The number of hydrogen-bond donors (Lipinski definition) is 5. The molecule has 148 valence electrons. The molecule has 1 aliphatic rings. The fraction of sp³-hybridized carbons (Fsp3) is 0.300. The maximum atomic E-state index is 13.1. The molecule has 2 aromatic carbocycles. The van der Waals surface area contributed by atoms with E-state index in [1.54, 1.807) is 0 Å². The van der Waals surface area contributed by atoms with Crippen LogP contribution in [0.4, 0.5) is 0 Å². The van der Waals surface area contributed by atoms with Gasteiger partial charge < -0.3 is 10.4 Å². The molecule has 2 aromatic rings. The van der Waals surface area contributed by atoms with Gasteiger partial charge in [-0.1, -0.05) is 35.9 Å². The zero-order valence-electron chi connectivity index (χ0n) is 15.1. The SMILES string of the molecule is O=C(CNC(C(=O)NC1CCCc2ccccc21)c1cc(Cl)ccc1O)NO. The fourth-order valence-electron chi connectivity index (χ4n) is 3.49. The molecule has 2 atom stereocenters. The fourth-order valence-corrected chi connectivity index (χ4v) is 3.67. The van der Waals surface area contributed by atoms with Crippen molar-refractivity contribution >= 4 is 23.4 Å². The van der Waals surface area contributed by atoms with Crippen molar-refractivity contribution in [3.63, 3.8) is 0 Å². The van der Waals surface area contributed by atoms with Crippen LogP contribution < -0.4 is 16.1 Å². The minimum atomic E-state index is -1.02. The third kappa shape index (κ3) is 4.62. The first kappa shape index (κ1) is 20.1. The minimum absolute atomic E-state index is 0.120. The molecule has 0 spiro atoms. The van der Waals surface area contributed by atoms with Crippen LogP contribution in [-0.4, -0.2) is 28.7 Å². The Bertz CT molecular complexity index is 874. The van der Waals surface area contributed by atoms with Gasteiger partial charge in [-0.15, -0.1) is 0 Å². The Morgan fingerprint density at radius 2 is 2.00 bits per heavy atom. The number of nitrogens with one attached hydrogen (secondary N) is 3. The molecule has 7 nitrogen and oxygen atoms in total. The number of aryl methyl sites for hydroxylation is 1. The Kier molecular flexibility index (Phi) is 6.51. The summed E-state index contributed by atoms with van der Waals surface area (Å²) in [5, 5.41) is 25.1. The van der Waals surface area contributed by atoms with E-state index in [4.69, 9.17) is 16.8 Å². The smallest absolute Gasteiger partial charge is 0.257 e. The number of fused-ring (bicyclic) bond motifs is 1. The first-order chi connectivity index (χ1) is 13.5. The number of rotatable bonds is 6. The lowest BCUT2D eigenvalue weighted by molar-refractivity contribution is -0.129. The Hall–Kier alpha value is -2.61. The molecule has 8 heteroatoms. The van der Waals surface area contributed by atoms with Gasteiger partial charge in [0.05, 0.1) is 12.6 Å². The molecule has 2 unspecified atom stereocenters. The highest BCUT2D eigenvalue weighted by molar-refractivity contribution is 6.30. The van der Waals surface area contributed by atoms with E-state index in [1.807, 2.05) is 18.2 Å². The van der Waals surface area contributed by atoms with Crippen molar-refractivity contribution in [3.8, 4) is 5.75 Å². The second kappa shape index (κ2) is 9.05. The van der Waals surface area contributed by atoms with E-state index in [0.717, 1.165) is 24.8 Å². The van der Waals surface area contributed by atoms with Crippen LogP contribution in [-0.2, 0) is 16.0 Å². The molecule has 5 N–H and O–H groups in total. The van der Waals surface area contributed by atoms with Crippen LogP contribution in [0.2, 0.25) is 5.02 Å².